The van der Waals surface area contributed by atoms with Gasteiger partial charge < -0.3 is 82.4 Å². The average Bonchev–Trinajstić information content (AvgIpc) is 1.72. The summed E-state index contributed by atoms with van der Waals surface area (Å²) in [6.07, 6.45) is -23.5. The van der Waals surface area contributed by atoms with E-state index in [1.807, 2.05) is 4.68 Å². The van der Waals surface area contributed by atoms with E-state index in [0.717, 1.165) is 11.9 Å². The number of aliphatic carboxylic acids is 7. The average molecular weight is 1680 g/mol. The number of nitrogens with zero attached hydrogens (tertiary/aromatic N) is 3. The first-order valence-corrected chi connectivity index (χ1v) is 32.5. The summed E-state index contributed by atoms with van der Waals surface area (Å²) < 4.78 is 266. The fourth-order valence-electron chi connectivity index (χ4n) is 6.54. The summed E-state index contributed by atoms with van der Waals surface area (Å²) >= 11 is 0. The van der Waals surface area contributed by atoms with Crippen molar-refractivity contribution < 1.29 is 194 Å². The molecule has 0 radical (unpaired) electrons. The van der Waals surface area contributed by atoms with Crippen LogP contribution in [0.15, 0.2) is 95.1 Å². The Balaban J connectivity index is 0. The highest BCUT2D eigenvalue weighted by Gasteiger charge is 2.41. The number of sulfonamides is 2. The summed E-state index contributed by atoms with van der Waals surface area (Å²) in [6.45, 7) is 3.29. The number of carboxylic acids is 7. The van der Waals surface area contributed by atoms with Crippen molar-refractivity contribution in [3.63, 3.8) is 0 Å². The highest BCUT2D eigenvalue weighted by atomic mass is 32.2. The molecule has 5 aromatic rings. The van der Waals surface area contributed by atoms with Crippen LogP contribution in [0.25, 0.3) is 22.0 Å². The van der Waals surface area contributed by atoms with Gasteiger partial charge in [0.1, 0.15) is 6.04 Å². The third-order valence-electron chi connectivity index (χ3n) is 11.7. The molecule has 0 aliphatic carbocycles. The van der Waals surface area contributed by atoms with Crippen molar-refractivity contribution in [3.05, 3.63) is 90.9 Å². The largest absolute Gasteiger partial charge is 0.490 e. The smallest absolute Gasteiger partial charge is 0.480 e. The first-order valence-electron chi connectivity index (χ1n) is 29.6. The summed E-state index contributed by atoms with van der Waals surface area (Å²) in [5.74, 6) is -18.8. The number of nitrogens with two attached hydrogens (primary N) is 2. The maximum atomic E-state index is 13.2. The molecule has 2 heterocycles. The number of rotatable bonds is 33. The lowest BCUT2D eigenvalue weighted by molar-refractivity contribution is -0.193. The topological polar surface area (TPSA) is 567 Å². The molecule has 55 heteroatoms. The van der Waals surface area contributed by atoms with Crippen LogP contribution in [0.2, 0.25) is 0 Å². The fraction of sp³-hybridized carbons (Fsp3) is 0.429. The molecule has 17 N–H and O–H groups in total. The van der Waals surface area contributed by atoms with Crippen LogP contribution in [0.4, 0.5) is 85.0 Å². The van der Waals surface area contributed by atoms with E-state index < -0.39 is 129 Å². The zero-order valence-corrected chi connectivity index (χ0v) is 57.4. The van der Waals surface area contributed by atoms with Gasteiger partial charge in [0.05, 0.1) is 54.0 Å². The van der Waals surface area contributed by atoms with E-state index in [0.29, 0.717) is 94.6 Å². The third-order valence-corrected chi connectivity index (χ3v) is 14.7. The molecule has 0 saturated heterocycles. The Morgan fingerprint density at radius 3 is 1.30 bits per heavy atom. The number of aromatic nitrogens is 4. The van der Waals surface area contributed by atoms with E-state index in [1.165, 1.54) is 36.4 Å². The van der Waals surface area contributed by atoms with Crippen LogP contribution in [0.1, 0.15) is 42.5 Å². The summed E-state index contributed by atoms with van der Waals surface area (Å²) in [5, 5.41) is 66.0. The predicted octanol–water partition coefficient (Wildman–Crippen LogP) is 4.71. The number of fused-ring (bicyclic) bond motifs is 1. The number of amides is 3. The Kier molecular flexibility index (Phi) is 44.2. The first kappa shape index (κ1) is 102. The Morgan fingerprint density at radius 2 is 0.919 bits per heavy atom. The number of anilines is 1. The van der Waals surface area contributed by atoms with Crippen molar-refractivity contribution in [1.82, 2.24) is 39.8 Å². The van der Waals surface area contributed by atoms with Crippen molar-refractivity contribution in [2.75, 3.05) is 71.1 Å². The molecule has 0 aliphatic heterocycles. The fourth-order valence-corrected chi connectivity index (χ4v) is 8.80. The van der Waals surface area contributed by atoms with Gasteiger partial charge in [-0.1, -0.05) is 24.3 Å². The van der Waals surface area contributed by atoms with Gasteiger partial charge in [-0.2, -0.15) is 88.8 Å². The van der Waals surface area contributed by atoms with E-state index in [1.54, 1.807) is 48.9 Å². The molecule has 3 amide bonds. The van der Waals surface area contributed by atoms with Crippen molar-refractivity contribution in [3.8, 4) is 11.1 Å². The lowest BCUT2D eigenvalue weighted by Crippen LogP contribution is -2.48. The van der Waals surface area contributed by atoms with E-state index in [9.17, 15) is 120 Å². The number of nitrogens with one attached hydrogen (secondary N) is 6. The van der Waals surface area contributed by atoms with Crippen LogP contribution in [0.5, 0.6) is 0 Å². The minimum Gasteiger partial charge on any atom is -0.480 e. The molecule has 0 spiro atoms. The van der Waals surface area contributed by atoms with Crippen LogP contribution >= 0.6 is 0 Å². The molecule has 3 aromatic carbocycles. The zero-order chi connectivity index (χ0) is 86.1. The maximum Gasteiger partial charge on any atom is 0.490 e. The van der Waals surface area contributed by atoms with E-state index in [-0.39, 0.29) is 40.6 Å². The minimum absolute atomic E-state index is 0.0299. The van der Waals surface area contributed by atoms with Gasteiger partial charge in [-0.05, 0) is 79.3 Å². The number of alkyl halides is 18. The molecule has 2 aromatic heterocycles. The van der Waals surface area contributed by atoms with Crippen molar-refractivity contribution in [1.29, 1.82) is 0 Å². The molecule has 626 valence electrons. The number of carbonyl (C=O) groups excluding carboxylic acids is 3. The molecule has 0 aliphatic rings. The van der Waals surface area contributed by atoms with Crippen LogP contribution in [0.3, 0.4) is 0 Å². The van der Waals surface area contributed by atoms with Crippen LogP contribution in [0, 0.1) is 0 Å². The van der Waals surface area contributed by atoms with E-state index in [4.69, 9.17) is 85.1 Å². The Labute approximate surface area is 610 Å². The number of primary amides is 1. The SMILES string of the molecule is NC(=O)CCC(N)C(=O)NCCCOCCOCCOCCCNS(=O)(=O)c1ccc(-c2ccc(S(=O)(=O)NC(CNC(=O)c3ccc4c(cnn4CCCNc4ncc[nH]4)c3)C(=O)O)cc2)cc1.O=C(O)C(F)(F)F.O=C(O)C(F)(F)F.O=C(O)C(F)(F)F.O=C(O)C(F)(F)F.O=C(O)C(F)(F)F.O=C(O)C(F)(F)F. The van der Waals surface area contributed by atoms with E-state index >= 15 is 0 Å². The third kappa shape index (κ3) is 45.7. The van der Waals surface area contributed by atoms with Gasteiger partial charge in [0.25, 0.3) is 5.91 Å². The predicted molar refractivity (Wildman–Crippen MR) is 336 cm³/mol. The number of hydrogen-bond acceptors (Lipinski definition) is 21. The molecule has 35 nitrogen and oxygen atoms in total. The number of halogens is 18. The summed E-state index contributed by atoms with van der Waals surface area (Å²) in [6, 6.07) is 14.1. The minimum atomic E-state index is -5.08. The van der Waals surface area contributed by atoms with Gasteiger partial charge in [-0.15, -0.1) is 0 Å². The van der Waals surface area contributed by atoms with Gasteiger partial charge in [0.2, 0.25) is 31.9 Å². The Bertz CT molecular complexity index is 3810. The normalized spacial score (nSPS) is 12.1. The lowest BCUT2D eigenvalue weighted by Gasteiger charge is -2.16. The van der Waals surface area contributed by atoms with Crippen molar-refractivity contribution in [2.45, 2.75) is 97.6 Å². The van der Waals surface area contributed by atoms with Gasteiger partial charge in [0.15, 0.2) is 5.95 Å². The van der Waals surface area contributed by atoms with Gasteiger partial charge in [-0.25, -0.2) is 55.3 Å². The molecule has 0 saturated carbocycles. The van der Waals surface area contributed by atoms with Crippen LogP contribution in [-0.2, 0) is 84.0 Å². The summed E-state index contributed by atoms with van der Waals surface area (Å²) in [5.41, 5.74) is 13.0. The van der Waals surface area contributed by atoms with Crippen LogP contribution in [-0.4, -0.2) is 247 Å². The highest BCUT2D eigenvalue weighted by Crippen LogP contribution is 2.25. The molecular weight excluding hydrogens is 1620 g/mol. The number of carboxylic acid groups (broad SMARTS) is 7. The molecule has 5 rings (SSSR count). The van der Waals surface area contributed by atoms with Crippen LogP contribution < -0.4 is 36.9 Å². The highest BCUT2D eigenvalue weighted by molar-refractivity contribution is 7.89. The number of benzene rings is 3. The second kappa shape index (κ2) is 48.0. The number of carbonyl (C=O) groups is 10. The van der Waals surface area contributed by atoms with Gasteiger partial charge >= 0.3 is 78.8 Å². The second-order valence-electron chi connectivity index (χ2n) is 20.3. The van der Waals surface area contributed by atoms with Gasteiger partial charge in [0, 0.05) is 75.7 Å². The number of ether oxygens (including phenoxy) is 3. The number of aromatic amines is 1. The number of aryl methyl sites for hydroxylation is 1. The molecule has 0 fully saturated rings. The number of hydrogen-bond donors (Lipinski definition) is 15. The Morgan fingerprint density at radius 1 is 0.523 bits per heavy atom. The second-order valence-corrected chi connectivity index (χ2v) is 23.8. The number of H-pyrrole nitrogens is 1. The quantitative estimate of drug-likeness (QED) is 0.0200. The van der Waals surface area contributed by atoms with Crippen molar-refractivity contribution in [2.24, 2.45) is 11.5 Å². The van der Waals surface area contributed by atoms with Crippen molar-refractivity contribution >= 4 is 96.4 Å². The number of imidazole rings is 1. The van der Waals surface area contributed by atoms with E-state index in [2.05, 4.69) is 40.5 Å². The molecule has 0 bridgehead atoms. The Hall–Kier alpha value is -10.8. The maximum absolute atomic E-state index is 13.2. The molecule has 111 heavy (non-hydrogen) atoms. The summed E-state index contributed by atoms with van der Waals surface area (Å²) in [4.78, 5) is 108. The monoisotopic (exact) mass is 1680 g/mol. The standard InChI is InChI=1S/C44H59N11O12S2.6C2HF3O2/c45-37(13-15-40(46)56)42(58)47-17-2-22-65-24-26-67-27-25-66-23-3-18-53-68(61,62)35-9-4-31(5-10-35)32-6-11-36(12-7-32)69(63,64)54-38(43(59)60)30-51-41(57)33-8-14-39-34(28-33)29-52-55(39)21-1-16-48-44-49-19-20-50-44;6*3-2(4,5)1(6)7/h4-12,14,19-20,28-29,37-38,53-54H,1-3,13,15-18,21-27,30,45H2,(H2,46,56)(H,47,58)(H,51,57)(H,59,60)(H2,48,49,50);6*(H,6,7). The first-order chi connectivity index (χ1) is 50.8. The van der Waals surface area contributed by atoms with Gasteiger partial charge in [-0.3, -0.25) is 23.9 Å². The lowest BCUT2D eigenvalue weighted by atomic mass is 10.1. The zero-order valence-electron chi connectivity index (χ0n) is 55.7. The molecular formula is C56H65F18N11O24S2. The molecule has 2 unspecified atom stereocenters. The summed E-state index contributed by atoms with van der Waals surface area (Å²) in [7, 11) is -8.18. The molecule has 2 atom stereocenters.